The van der Waals surface area contributed by atoms with Crippen molar-refractivity contribution in [2.75, 3.05) is 11.9 Å². The highest BCUT2D eigenvalue weighted by Crippen LogP contribution is 2.21. The summed E-state index contributed by atoms with van der Waals surface area (Å²) in [6.45, 7) is 4.63. The molecule has 3 rings (SSSR count). The number of hydrogen-bond acceptors (Lipinski definition) is 5. The SMILES string of the molecule is Cc1nn(-c2ccccc2)c(C)c1CN(C)c1cncc(C(N)=O)n1. The lowest BCUT2D eigenvalue weighted by Crippen LogP contribution is -2.21. The number of nitrogens with zero attached hydrogens (tertiary/aromatic N) is 5. The van der Waals surface area contributed by atoms with E-state index in [1.54, 1.807) is 6.20 Å². The Morgan fingerprint density at radius 1 is 1.20 bits per heavy atom. The summed E-state index contributed by atoms with van der Waals surface area (Å²) in [7, 11) is 1.90. The maximum Gasteiger partial charge on any atom is 0.268 e. The van der Waals surface area contributed by atoms with Crippen molar-refractivity contribution in [3.05, 3.63) is 65.4 Å². The van der Waals surface area contributed by atoms with Crippen LogP contribution in [0.15, 0.2) is 42.7 Å². The van der Waals surface area contributed by atoms with Crippen LogP contribution >= 0.6 is 0 Å². The molecule has 0 saturated heterocycles. The zero-order valence-electron chi connectivity index (χ0n) is 14.5. The van der Waals surface area contributed by atoms with Crippen molar-refractivity contribution in [2.24, 2.45) is 5.73 Å². The van der Waals surface area contributed by atoms with Gasteiger partial charge in [-0.15, -0.1) is 0 Å². The number of anilines is 1. The van der Waals surface area contributed by atoms with E-state index in [2.05, 4.69) is 15.1 Å². The van der Waals surface area contributed by atoms with E-state index in [1.807, 2.05) is 60.8 Å². The predicted molar refractivity (Wildman–Crippen MR) is 95.7 cm³/mol. The second-order valence-electron chi connectivity index (χ2n) is 5.88. The van der Waals surface area contributed by atoms with E-state index in [9.17, 15) is 4.79 Å². The van der Waals surface area contributed by atoms with Crippen LogP contribution in [-0.2, 0) is 6.54 Å². The zero-order chi connectivity index (χ0) is 18.0. The van der Waals surface area contributed by atoms with Crippen molar-refractivity contribution in [1.29, 1.82) is 0 Å². The van der Waals surface area contributed by atoms with Gasteiger partial charge in [-0.3, -0.25) is 9.78 Å². The third-order valence-electron chi connectivity index (χ3n) is 4.10. The highest BCUT2D eigenvalue weighted by Gasteiger charge is 2.16. The minimum atomic E-state index is -0.591. The van der Waals surface area contributed by atoms with Crippen LogP contribution in [0.25, 0.3) is 5.69 Å². The molecule has 0 radical (unpaired) electrons. The van der Waals surface area contributed by atoms with E-state index in [-0.39, 0.29) is 5.69 Å². The molecule has 25 heavy (non-hydrogen) atoms. The lowest BCUT2D eigenvalue weighted by atomic mass is 10.2. The third kappa shape index (κ3) is 3.35. The zero-order valence-corrected chi connectivity index (χ0v) is 14.5. The van der Waals surface area contributed by atoms with Gasteiger partial charge in [-0.2, -0.15) is 5.10 Å². The number of amides is 1. The molecule has 3 aromatic rings. The van der Waals surface area contributed by atoms with Crippen molar-refractivity contribution in [1.82, 2.24) is 19.7 Å². The van der Waals surface area contributed by atoms with E-state index in [1.165, 1.54) is 6.20 Å². The first-order valence-electron chi connectivity index (χ1n) is 7.91. The fourth-order valence-electron chi connectivity index (χ4n) is 2.70. The molecule has 1 aromatic carbocycles. The van der Waals surface area contributed by atoms with Gasteiger partial charge in [-0.1, -0.05) is 18.2 Å². The lowest BCUT2D eigenvalue weighted by Gasteiger charge is -2.18. The van der Waals surface area contributed by atoms with E-state index in [4.69, 9.17) is 5.73 Å². The molecule has 0 aliphatic heterocycles. The van der Waals surface area contributed by atoms with Crippen molar-refractivity contribution in [3.8, 4) is 5.69 Å². The molecular weight excluding hydrogens is 316 g/mol. The van der Waals surface area contributed by atoms with Gasteiger partial charge in [0.05, 0.1) is 23.8 Å². The normalized spacial score (nSPS) is 10.7. The van der Waals surface area contributed by atoms with Gasteiger partial charge in [0.25, 0.3) is 5.91 Å². The topological polar surface area (TPSA) is 89.9 Å². The molecule has 0 aliphatic carbocycles. The summed E-state index contributed by atoms with van der Waals surface area (Å²) in [5.41, 5.74) is 9.57. The molecule has 0 saturated carbocycles. The number of carbonyl (C=O) groups is 1. The Morgan fingerprint density at radius 2 is 1.92 bits per heavy atom. The molecule has 2 N–H and O–H groups in total. The van der Waals surface area contributed by atoms with E-state index in [0.717, 1.165) is 22.6 Å². The highest BCUT2D eigenvalue weighted by molar-refractivity contribution is 5.90. The Balaban J connectivity index is 1.89. The molecule has 0 unspecified atom stereocenters. The summed E-state index contributed by atoms with van der Waals surface area (Å²) < 4.78 is 1.93. The Morgan fingerprint density at radius 3 is 2.60 bits per heavy atom. The number of carbonyl (C=O) groups excluding carboxylic acids is 1. The van der Waals surface area contributed by atoms with E-state index >= 15 is 0 Å². The van der Waals surface area contributed by atoms with Gasteiger partial charge < -0.3 is 10.6 Å². The summed E-state index contributed by atoms with van der Waals surface area (Å²) in [5.74, 6) is -0.00503. The summed E-state index contributed by atoms with van der Waals surface area (Å²) >= 11 is 0. The number of aromatic nitrogens is 4. The standard InChI is InChI=1S/C18H20N6O/c1-12-15(13(2)24(22-12)14-7-5-4-6-8-14)11-23(3)17-10-20-9-16(21-17)18(19)25/h4-10H,11H2,1-3H3,(H2,19,25). The number of benzene rings is 1. The Hall–Kier alpha value is -3.22. The Bertz CT molecular complexity index is 903. The Labute approximate surface area is 146 Å². The molecule has 1 amide bonds. The first-order chi connectivity index (χ1) is 12.0. The fourth-order valence-corrected chi connectivity index (χ4v) is 2.70. The molecule has 0 fully saturated rings. The van der Waals surface area contributed by atoms with Gasteiger partial charge >= 0.3 is 0 Å². The van der Waals surface area contributed by atoms with Crippen molar-refractivity contribution in [2.45, 2.75) is 20.4 Å². The first-order valence-corrected chi connectivity index (χ1v) is 7.91. The summed E-state index contributed by atoms with van der Waals surface area (Å²) in [6, 6.07) is 10.0. The van der Waals surface area contributed by atoms with Crippen LogP contribution in [0, 0.1) is 13.8 Å². The minimum absolute atomic E-state index is 0.151. The molecule has 0 atom stereocenters. The molecule has 0 aliphatic rings. The van der Waals surface area contributed by atoms with Crippen LogP contribution in [0.4, 0.5) is 5.82 Å². The summed E-state index contributed by atoms with van der Waals surface area (Å²) in [5, 5.41) is 4.65. The highest BCUT2D eigenvalue weighted by atomic mass is 16.1. The van der Waals surface area contributed by atoms with E-state index in [0.29, 0.717) is 12.4 Å². The first kappa shape index (κ1) is 16.6. The van der Waals surface area contributed by atoms with Gasteiger partial charge in [0.15, 0.2) is 0 Å². The van der Waals surface area contributed by atoms with Crippen LogP contribution in [0.2, 0.25) is 0 Å². The number of nitrogens with two attached hydrogens (primary N) is 1. The predicted octanol–water partition coefficient (Wildman–Crippen LogP) is 2.01. The smallest absolute Gasteiger partial charge is 0.268 e. The molecule has 0 spiro atoms. The monoisotopic (exact) mass is 336 g/mol. The number of primary amides is 1. The average molecular weight is 336 g/mol. The van der Waals surface area contributed by atoms with Crippen LogP contribution < -0.4 is 10.6 Å². The molecule has 2 aromatic heterocycles. The van der Waals surface area contributed by atoms with Gasteiger partial charge in [0.2, 0.25) is 0 Å². The largest absolute Gasteiger partial charge is 0.364 e. The van der Waals surface area contributed by atoms with Crippen LogP contribution in [0.5, 0.6) is 0 Å². The number of aryl methyl sites for hydroxylation is 1. The van der Waals surface area contributed by atoms with Crippen LogP contribution in [0.1, 0.15) is 27.4 Å². The van der Waals surface area contributed by atoms with E-state index < -0.39 is 5.91 Å². The maximum atomic E-state index is 11.3. The average Bonchev–Trinajstić information content (AvgIpc) is 2.90. The molecule has 7 heteroatoms. The van der Waals surface area contributed by atoms with Crippen molar-refractivity contribution < 1.29 is 4.79 Å². The molecule has 7 nitrogen and oxygen atoms in total. The van der Waals surface area contributed by atoms with Gasteiger partial charge in [-0.25, -0.2) is 9.67 Å². The van der Waals surface area contributed by atoms with Crippen molar-refractivity contribution in [3.63, 3.8) is 0 Å². The van der Waals surface area contributed by atoms with Crippen LogP contribution in [-0.4, -0.2) is 32.7 Å². The maximum absolute atomic E-state index is 11.3. The second-order valence-corrected chi connectivity index (χ2v) is 5.88. The number of hydrogen-bond donors (Lipinski definition) is 1. The molecule has 0 bridgehead atoms. The second kappa shape index (κ2) is 6.72. The Kier molecular flexibility index (Phi) is 4.47. The quantitative estimate of drug-likeness (QED) is 0.770. The minimum Gasteiger partial charge on any atom is -0.364 e. The third-order valence-corrected chi connectivity index (χ3v) is 4.10. The summed E-state index contributed by atoms with van der Waals surface area (Å²) in [6.07, 6.45) is 2.97. The lowest BCUT2D eigenvalue weighted by molar-refractivity contribution is 0.0995. The van der Waals surface area contributed by atoms with Crippen LogP contribution in [0.3, 0.4) is 0 Å². The summed E-state index contributed by atoms with van der Waals surface area (Å²) in [4.78, 5) is 21.5. The molecule has 2 heterocycles. The van der Waals surface area contributed by atoms with Crippen molar-refractivity contribution >= 4 is 11.7 Å². The molecular formula is C18H20N6O. The fraction of sp³-hybridized carbons (Fsp3) is 0.222. The number of rotatable bonds is 5. The molecule has 128 valence electrons. The number of para-hydroxylation sites is 1. The van der Waals surface area contributed by atoms with Gasteiger partial charge in [0, 0.05) is 24.8 Å². The van der Waals surface area contributed by atoms with Gasteiger partial charge in [-0.05, 0) is 26.0 Å². The van der Waals surface area contributed by atoms with Gasteiger partial charge in [0.1, 0.15) is 11.5 Å².